The van der Waals surface area contributed by atoms with E-state index in [2.05, 4.69) is 0 Å². The third kappa shape index (κ3) is 17.6. The van der Waals surface area contributed by atoms with Crippen LogP contribution in [0.3, 0.4) is 0 Å². The van der Waals surface area contributed by atoms with Gasteiger partial charge < -0.3 is 52.3 Å². The molecule has 3 rings (SSSR count). The molecule has 27 heteroatoms. The number of likely N-dealkylation sites (N-methyl/N-ethyl adjacent to an activating group) is 1. The first kappa shape index (κ1) is 63.5. The quantitative estimate of drug-likeness (QED) is 0.127. The Morgan fingerprint density at radius 3 is 1.89 bits per heavy atom. The summed E-state index contributed by atoms with van der Waals surface area (Å²) in [7, 11) is 4.92. The Bertz CT molecular complexity index is 2020. The highest BCUT2D eigenvalue weighted by Crippen LogP contribution is 2.40. The van der Waals surface area contributed by atoms with E-state index in [1.54, 1.807) is 47.1 Å². The zero-order chi connectivity index (χ0) is 55.0. The molecule has 4 amide bonds. The van der Waals surface area contributed by atoms with Gasteiger partial charge in [0.25, 0.3) is 19.4 Å². The van der Waals surface area contributed by atoms with Crippen molar-refractivity contribution in [2.45, 2.75) is 188 Å². The van der Waals surface area contributed by atoms with Crippen molar-refractivity contribution in [3.8, 4) is 0 Å². The number of rotatable bonds is 11. The molecule has 410 valence electrons. The normalized spacial score (nSPS) is 35.1. The molecule has 0 aliphatic carbocycles. The van der Waals surface area contributed by atoms with E-state index in [1.165, 1.54) is 54.7 Å². The summed E-state index contributed by atoms with van der Waals surface area (Å²) in [5, 5.41) is 3.66. The molecule has 0 bridgehead atoms. The Labute approximate surface area is 448 Å². The molecule has 0 radical (unpaired) electrons. The van der Waals surface area contributed by atoms with Gasteiger partial charge in [0.1, 0.15) is 23.4 Å². The van der Waals surface area contributed by atoms with E-state index >= 15 is 0 Å². The first-order valence-corrected chi connectivity index (χ1v) is 25.1. The van der Waals surface area contributed by atoms with Gasteiger partial charge in [-0.15, -0.1) is 0 Å². The highest BCUT2D eigenvalue weighted by molar-refractivity contribution is 6.77. The maximum Gasteiger partial charge on any atom is 0.414 e. The number of methoxy groups -OCH3 is 1. The van der Waals surface area contributed by atoms with Gasteiger partial charge in [-0.2, -0.15) is 0 Å². The second-order valence-corrected chi connectivity index (χ2v) is 23.2. The molecule has 0 saturated carbocycles. The lowest BCUT2D eigenvalue weighted by atomic mass is 9.81. The molecule has 21 nitrogen and oxygen atoms in total. The van der Waals surface area contributed by atoms with Crippen molar-refractivity contribution in [1.29, 1.82) is 0 Å². The minimum atomic E-state index is -2.65. The minimum Gasteiger partial charge on any atom is -0.458 e. The molecule has 3 heterocycles. The molecule has 2 N–H and O–H groups in total. The lowest BCUT2D eigenvalue weighted by Crippen LogP contribution is -2.60. The number of ether oxygens (including phenoxy) is 10. The van der Waals surface area contributed by atoms with Gasteiger partial charge in [0.15, 0.2) is 36.7 Å². The fourth-order valence-electron chi connectivity index (χ4n) is 8.72. The van der Waals surface area contributed by atoms with E-state index in [9.17, 15) is 38.4 Å². The van der Waals surface area contributed by atoms with E-state index in [0.717, 1.165) is 0 Å². The highest BCUT2D eigenvalue weighted by atomic mass is 35.6. The fourth-order valence-corrected chi connectivity index (χ4v) is 9.00. The number of alkyl halides is 6. The molecule has 2 saturated heterocycles. The van der Waals surface area contributed by atoms with Crippen molar-refractivity contribution >= 4 is 117 Å². The number of imide groups is 2. The molecule has 0 aromatic heterocycles. The number of ketones is 1. The second kappa shape index (κ2) is 26.3. The molecular weight excluding hydrogens is 1080 g/mol. The number of alkyl carbamates (subject to hydrolysis) is 2. The van der Waals surface area contributed by atoms with Crippen LogP contribution >= 0.6 is 69.6 Å². The topological polar surface area (TPSA) is 256 Å². The molecule has 15 atom stereocenters. The van der Waals surface area contributed by atoms with Crippen molar-refractivity contribution in [2.75, 3.05) is 21.2 Å². The van der Waals surface area contributed by atoms with Gasteiger partial charge >= 0.3 is 30.1 Å². The number of carbonyl (C=O) groups excluding carboxylic acids is 8. The third-order valence-corrected chi connectivity index (χ3v) is 13.5. The van der Waals surface area contributed by atoms with Crippen LogP contribution in [0.1, 0.15) is 101 Å². The van der Waals surface area contributed by atoms with Crippen LogP contribution in [0.25, 0.3) is 0 Å². The summed E-state index contributed by atoms with van der Waals surface area (Å²) in [5.74, 6) is -8.18. The Balaban J connectivity index is 2.40. The maximum absolute atomic E-state index is 14.7. The molecule has 2 fully saturated rings. The van der Waals surface area contributed by atoms with Crippen LogP contribution in [0.2, 0.25) is 0 Å². The van der Waals surface area contributed by atoms with Gasteiger partial charge in [-0.1, -0.05) is 83.5 Å². The summed E-state index contributed by atoms with van der Waals surface area (Å²) in [6.45, 7) is 14.7. The average Bonchev–Trinajstić information content (AvgIpc) is 3.24. The maximum atomic E-state index is 14.7. The lowest BCUT2D eigenvalue weighted by molar-refractivity contribution is -0.309. The molecule has 0 aromatic carbocycles. The van der Waals surface area contributed by atoms with Crippen LogP contribution in [-0.4, -0.2) is 160 Å². The molecule has 0 unspecified atom stereocenters. The number of allylic oxidation sites excluding steroid dienone is 1. The number of cyclic esters (lactones) is 1. The molecule has 0 spiro atoms. The predicted molar refractivity (Wildman–Crippen MR) is 260 cm³/mol. The summed E-state index contributed by atoms with van der Waals surface area (Å²) in [6, 6.07) is -0.509. The number of carbonyl (C=O) groups is 8. The summed E-state index contributed by atoms with van der Waals surface area (Å²) >= 11 is 34.4. The van der Waals surface area contributed by atoms with E-state index in [1.807, 2.05) is 10.2 Å². The van der Waals surface area contributed by atoms with Gasteiger partial charge in [0.2, 0.25) is 0 Å². The van der Waals surface area contributed by atoms with E-state index in [0.29, 0.717) is 6.42 Å². The summed E-state index contributed by atoms with van der Waals surface area (Å²) in [5.41, 5.74) is -3.39. The lowest BCUT2D eigenvalue weighted by Gasteiger charge is -2.48. The standard InChI is InChI=1S/C45H65Cl6N3O18/c1-14-28-30(70-40(61)52-38(59)44(46,47)48)15-20(2)33(57)21(3)18-42(9,72-41(62)53-39(60)45(49,50)51)31(71-37-34(66-25(7)55)27(54(11)12)16-22(4)64-37)17-29(23(5)36(58)69-28)68-32-19-43(10,63-13)35(24(6)65-32)67-26(8)56/h15,21-24,27-32,34-35,37H,14,16-19H2,1-13H3,(H,52,59,61)(H,53,60,62)/b20-15+/t21-,22-,23-,24+,27+,28-,29+,30+,31-,32+,34-,35+,37+,42-,43-/m1/s1. The average molecular weight is 1150 g/mol. The number of nitrogens with zero attached hydrogens (tertiary/aromatic N) is 1. The van der Waals surface area contributed by atoms with Gasteiger partial charge in [-0.05, 0) is 86.5 Å². The number of hydrogen-bond acceptors (Lipinski definition) is 19. The monoisotopic (exact) mass is 1150 g/mol. The SMILES string of the molecule is CC[C@H]1OC(=O)[C@H](C)[C@@H](O[C@H]2C[C@@](C)(OC)[C@@H](OC(C)=O)[C@H](C)O2)C[C@@H](O[C@@H]2O[C@H](C)C[C@H](N(C)C)[C@H]2OC(C)=O)[C@](C)(OC(=O)NC(=O)C(Cl)(Cl)Cl)C[C@@H](C)C(=O)/C(C)=C/[C@@H]1OC(=O)NC(=O)C(Cl)(Cl)Cl. The molecule has 0 aromatic rings. The van der Waals surface area contributed by atoms with Gasteiger partial charge in [0.05, 0.1) is 30.3 Å². The van der Waals surface area contributed by atoms with E-state index in [-0.39, 0.29) is 18.4 Å². The molecule has 3 aliphatic rings. The Morgan fingerprint density at radius 2 is 1.38 bits per heavy atom. The first-order chi connectivity index (χ1) is 33.0. The van der Waals surface area contributed by atoms with Crippen molar-refractivity contribution in [1.82, 2.24) is 15.5 Å². The van der Waals surface area contributed by atoms with Gasteiger partial charge in [0, 0.05) is 39.7 Å². The third-order valence-electron chi connectivity index (χ3n) is 12.5. The Kier molecular flexibility index (Phi) is 23.2. The van der Waals surface area contributed by atoms with Crippen LogP contribution < -0.4 is 10.6 Å². The van der Waals surface area contributed by atoms with Crippen LogP contribution in [0.15, 0.2) is 11.6 Å². The van der Waals surface area contributed by atoms with Crippen LogP contribution in [0.5, 0.6) is 0 Å². The smallest absolute Gasteiger partial charge is 0.414 e. The first-order valence-electron chi connectivity index (χ1n) is 22.9. The van der Waals surface area contributed by atoms with Gasteiger partial charge in [-0.25, -0.2) is 9.59 Å². The van der Waals surface area contributed by atoms with E-state index < -0.39 is 159 Å². The van der Waals surface area contributed by atoms with Crippen molar-refractivity contribution in [3.63, 3.8) is 0 Å². The Hall–Kier alpha value is -2.80. The molecule has 72 heavy (non-hydrogen) atoms. The van der Waals surface area contributed by atoms with Crippen molar-refractivity contribution in [2.24, 2.45) is 11.8 Å². The van der Waals surface area contributed by atoms with E-state index in [4.69, 9.17) is 117 Å². The predicted octanol–water partition coefficient (Wildman–Crippen LogP) is 6.50. The minimum absolute atomic E-state index is 0.0394. The summed E-state index contributed by atoms with van der Waals surface area (Å²) in [4.78, 5) is 108. The highest BCUT2D eigenvalue weighted by Gasteiger charge is 2.53. The number of esters is 3. The number of Topliss-reactive ketones (excluding diaryl/α,β-unsaturated/α-hetero) is 1. The van der Waals surface area contributed by atoms with Crippen molar-refractivity contribution < 1.29 is 85.7 Å². The fraction of sp³-hybridized carbons (Fsp3) is 0.778. The summed E-state index contributed by atoms with van der Waals surface area (Å²) in [6.07, 6.45) is -14.4. The van der Waals surface area contributed by atoms with Crippen LogP contribution in [0, 0.1) is 11.8 Å². The zero-order valence-corrected chi connectivity index (χ0v) is 46.7. The van der Waals surface area contributed by atoms with Crippen molar-refractivity contribution in [3.05, 3.63) is 11.6 Å². The largest absolute Gasteiger partial charge is 0.458 e. The number of amides is 4. The Morgan fingerprint density at radius 1 is 0.806 bits per heavy atom. The summed E-state index contributed by atoms with van der Waals surface area (Å²) < 4.78 is 56.0. The number of halogens is 6. The van der Waals surface area contributed by atoms with Crippen LogP contribution in [-0.2, 0) is 76.1 Å². The number of hydrogen-bond donors (Lipinski definition) is 2. The second-order valence-electron chi connectivity index (χ2n) is 18.7. The molecular formula is C45H65Cl6N3O18. The van der Waals surface area contributed by atoms with Gasteiger partial charge in [-0.3, -0.25) is 39.4 Å². The number of nitrogens with one attached hydrogen (secondary N) is 2. The van der Waals surface area contributed by atoms with Crippen LogP contribution in [0.4, 0.5) is 9.59 Å². The molecule has 3 aliphatic heterocycles. The zero-order valence-electron chi connectivity index (χ0n) is 42.2.